The number of carbonyl (C=O) groups is 1. The van der Waals surface area contributed by atoms with Crippen LogP contribution in [-0.4, -0.2) is 45.8 Å². The van der Waals surface area contributed by atoms with Crippen molar-refractivity contribution < 1.29 is 15.0 Å². The van der Waals surface area contributed by atoms with E-state index in [0.29, 0.717) is 13.1 Å². The van der Waals surface area contributed by atoms with Gasteiger partial charge in [0.15, 0.2) is 0 Å². The van der Waals surface area contributed by atoms with Crippen LogP contribution in [0.3, 0.4) is 0 Å². The Morgan fingerprint density at radius 3 is 2.54 bits per heavy atom. The maximum atomic E-state index is 12.5. The number of hydrogen-bond acceptors (Lipinski definition) is 3. The van der Waals surface area contributed by atoms with Crippen molar-refractivity contribution in [3.05, 3.63) is 35.9 Å². The highest BCUT2D eigenvalue weighted by molar-refractivity contribution is 5.77. The Morgan fingerprint density at radius 1 is 1.17 bits per heavy atom. The molecule has 2 fully saturated rings. The zero-order valence-electron chi connectivity index (χ0n) is 14.4. The first-order valence-electron chi connectivity index (χ1n) is 9.28. The van der Waals surface area contributed by atoms with Crippen LogP contribution in [0, 0.1) is 5.92 Å². The Hall–Kier alpha value is -1.39. The Morgan fingerprint density at radius 2 is 1.88 bits per heavy atom. The summed E-state index contributed by atoms with van der Waals surface area (Å²) >= 11 is 0. The summed E-state index contributed by atoms with van der Waals surface area (Å²) in [6.45, 7) is 1.08. The first-order chi connectivity index (χ1) is 11.6. The number of piperidine rings is 1. The molecule has 0 spiro atoms. The maximum Gasteiger partial charge on any atom is 0.225 e. The molecule has 3 rings (SSSR count). The Balaban J connectivity index is 1.52. The lowest BCUT2D eigenvalue weighted by Gasteiger charge is -2.38. The van der Waals surface area contributed by atoms with Gasteiger partial charge in [-0.25, -0.2) is 0 Å². The zero-order chi connectivity index (χ0) is 17.0. The predicted molar refractivity (Wildman–Crippen MR) is 93.5 cm³/mol. The third-order valence-electron chi connectivity index (χ3n) is 5.68. The normalized spacial score (nSPS) is 27.0. The molecule has 132 valence electrons. The van der Waals surface area contributed by atoms with Crippen molar-refractivity contribution in [3.8, 4) is 0 Å². The van der Waals surface area contributed by atoms with Gasteiger partial charge in [0.05, 0.1) is 18.1 Å². The molecule has 4 nitrogen and oxygen atoms in total. The molecule has 1 aromatic rings. The fourth-order valence-electron chi connectivity index (χ4n) is 4.14. The van der Waals surface area contributed by atoms with Crippen LogP contribution in [0.15, 0.2) is 30.3 Å². The summed E-state index contributed by atoms with van der Waals surface area (Å²) in [6, 6.07) is 10.2. The third-order valence-corrected chi connectivity index (χ3v) is 5.68. The van der Waals surface area contributed by atoms with Gasteiger partial charge in [-0.1, -0.05) is 49.6 Å². The lowest BCUT2D eigenvalue weighted by molar-refractivity contribution is -0.142. The highest BCUT2D eigenvalue weighted by atomic mass is 16.3. The van der Waals surface area contributed by atoms with Gasteiger partial charge in [0.2, 0.25) is 5.91 Å². The lowest BCUT2D eigenvalue weighted by Crippen LogP contribution is -2.49. The minimum atomic E-state index is -0.818. The standard InChI is InChI=1S/C20H29NO3/c22-18-15-21(19(23)14-20(24)10-5-2-6-11-20)12-9-17(18)13-16-7-3-1-4-8-16/h1,3-4,7-8,17-18,22,24H,2,5-6,9-15H2/t17-,18+/m1/s1. The van der Waals surface area contributed by atoms with E-state index in [0.717, 1.165) is 44.9 Å². The number of amides is 1. The third kappa shape index (κ3) is 4.37. The highest BCUT2D eigenvalue weighted by Crippen LogP contribution is 2.32. The fraction of sp³-hybridized carbons (Fsp3) is 0.650. The van der Waals surface area contributed by atoms with Crippen LogP contribution in [0.5, 0.6) is 0 Å². The van der Waals surface area contributed by atoms with Crippen molar-refractivity contribution >= 4 is 5.91 Å². The Kier molecular flexibility index (Phi) is 5.57. The summed E-state index contributed by atoms with van der Waals surface area (Å²) in [6.07, 6.45) is 6.02. The van der Waals surface area contributed by atoms with Gasteiger partial charge in [0, 0.05) is 13.1 Å². The molecule has 1 heterocycles. The number of aliphatic hydroxyl groups is 2. The van der Waals surface area contributed by atoms with Crippen LogP contribution in [0.1, 0.15) is 50.5 Å². The Bertz CT molecular complexity index is 539. The molecule has 1 amide bonds. The van der Waals surface area contributed by atoms with E-state index in [9.17, 15) is 15.0 Å². The largest absolute Gasteiger partial charge is 0.391 e. The molecule has 0 radical (unpaired) electrons. The van der Waals surface area contributed by atoms with Crippen LogP contribution in [-0.2, 0) is 11.2 Å². The number of likely N-dealkylation sites (tertiary alicyclic amines) is 1. The first kappa shape index (κ1) is 17.4. The molecule has 1 aliphatic heterocycles. The van der Waals surface area contributed by atoms with Gasteiger partial charge in [-0.3, -0.25) is 4.79 Å². The van der Waals surface area contributed by atoms with Gasteiger partial charge in [0.25, 0.3) is 0 Å². The average Bonchev–Trinajstić information content (AvgIpc) is 2.58. The molecule has 2 N–H and O–H groups in total. The summed E-state index contributed by atoms with van der Waals surface area (Å²) in [5, 5.41) is 21.0. The highest BCUT2D eigenvalue weighted by Gasteiger charge is 2.36. The number of nitrogens with zero attached hydrogens (tertiary/aromatic N) is 1. The first-order valence-corrected chi connectivity index (χ1v) is 9.28. The van der Waals surface area contributed by atoms with Crippen LogP contribution in [0.2, 0.25) is 0 Å². The molecule has 0 bridgehead atoms. The van der Waals surface area contributed by atoms with Crippen LogP contribution >= 0.6 is 0 Å². The predicted octanol–water partition coefficient (Wildman–Crippen LogP) is 2.52. The van der Waals surface area contributed by atoms with E-state index in [1.807, 2.05) is 18.2 Å². The number of rotatable bonds is 4. The molecule has 24 heavy (non-hydrogen) atoms. The second-order valence-corrected chi connectivity index (χ2v) is 7.61. The molecule has 4 heteroatoms. The number of carbonyl (C=O) groups excluding carboxylic acids is 1. The fourth-order valence-corrected chi connectivity index (χ4v) is 4.14. The molecular weight excluding hydrogens is 302 g/mol. The van der Waals surface area contributed by atoms with Gasteiger partial charge in [-0.2, -0.15) is 0 Å². The summed E-state index contributed by atoms with van der Waals surface area (Å²) in [5.74, 6) is 0.200. The van der Waals surface area contributed by atoms with E-state index in [4.69, 9.17) is 0 Å². The minimum absolute atomic E-state index is 0.00314. The van der Waals surface area contributed by atoms with Crippen molar-refractivity contribution in [1.82, 2.24) is 4.90 Å². The van der Waals surface area contributed by atoms with Crippen LogP contribution in [0.25, 0.3) is 0 Å². The average molecular weight is 331 g/mol. The second kappa shape index (κ2) is 7.66. The zero-order valence-corrected chi connectivity index (χ0v) is 14.4. The van der Waals surface area contributed by atoms with Crippen molar-refractivity contribution in [3.63, 3.8) is 0 Å². The van der Waals surface area contributed by atoms with Crippen molar-refractivity contribution in [2.45, 2.75) is 63.1 Å². The van der Waals surface area contributed by atoms with E-state index in [-0.39, 0.29) is 18.2 Å². The number of benzene rings is 1. The molecule has 1 aliphatic carbocycles. The summed E-state index contributed by atoms with van der Waals surface area (Å²) in [4.78, 5) is 14.3. The van der Waals surface area contributed by atoms with Gasteiger partial charge < -0.3 is 15.1 Å². The summed E-state index contributed by atoms with van der Waals surface area (Å²) in [7, 11) is 0. The van der Waals surface area contributed by atoms with Crippen molar-refractivity contribution in [1.29, 1.82) is 0 Å². The molecule has 1 saturated carbocycles. The van der Waals surface area contributed by atoms with Gasteiger partial charge in [-0.05, 0) is 37.2 Å². The second-order valence-electron chi connectivity index (χ2n) is 7.61. The van der Waals surface area contributed by atoms with E-state index < -0.39 is 11.7 Å². The lowest BCUT2D eigenvalue weighted by atomic mass is 9.81. The summed E-state index contributed by atoms with van der Waals surface area (Å²) in [5.41, 5.74) is 0.416. The Labute approximate surface area is 144 Å². The molecule has 0 aromatic heterocycles. The van der Waals surface area contributed by atoms with Crippen LogP contribution < -0.4 is 0 Å². The van der Waals surface area contributed by atoms with E-state index in [2.05, 4.69) is 12.1 Å². The maximum absolute atomic E-state index is 12.5. The molecule has 2 atom stereocenters. The topological polar surface area (TPSA) is 60.8 Å². The molecular formula is C20H29NO3. The van der Waals surface area contributed by atoms with Crippen molar-refractivity contribution in [2.75, 3.05) is 13.1 Å². The number of β-amino-alcohol motifs (C(OH)–C–C–N with tert-alkyl or cyclic N) is 1. The number of aliphatic hydroxyl groups excluding tert-OH is 1. The molecule has 1 aromatic carbocycles. The smallest absolute Gasteiger partial charge is 0.225 e. The number of hydrogen-bond donors (Lipinski definition) is 2. The van der Waals surface area contributed by atoms with Gasteiger partial charge in [-0.15, -0.1) is 0 Å². The molecule has 1 saturated heterocycles. The van der Waals surface area contributed by atoms with Gasteiger partial charge in [0.1, 0.15) is 0 Å². The molecule has 0 unspecified atom stereocenters. The molecule has 2 aliphatic rings. The van der Waals surface area contributed by atoms with E-state index >= 15 is 0 Å². The van der Waals surface area contributed by atoms with E-state index in [1.54, 1.807) is 4.90 Å². The summed E-state index contributed by atoms with van der Waals surface area (Å²) < 4.78 is 0. The quantitative estimate of drug-likeness (QED) is 0.891. The van der Waals surface area contributed by atoms with Gasteiger partial charge >= 0.3 is 0 Å². The SMILES string of the molecule is O=C(CC1(O)CCCCC1)N1CC[C@H](Cc2ccccc2)[C@@H](O)C1. The minimum Gasteiger partial charge on any atom is -0.391 e. The van der Waals surface area contributed by atoms with Crippen molar-refractivity contribution in [2.24, 2.45) is 5.92 Å². The monoisotopic (exact) mass is 331 g/mol. The van der Waals surface area contributed by atoms with E-state index in [1.165, 1.54) is 5.56 Å². The van der Waals surface area contributed by atoms with Crippen LogP contribution in [0.4, 0.5) is 0 Å².